The van der Waals surface area contributed by atoms with Gasteiger partial charge in [0, 0.05) is 0 Å². The third-order valence-electron chi connectivity index (χ3n) is 7.44. The average Bonchev–Trinajstić information content (AvgIpc) is 3.08. The van der Waals surface area contributed by atoms with Crippen LogP contribution >= 0.6 is 16.8 Å². The van der Waals surface area contributed by atoms with Gasteiger partial charge >= 0.3 is 16.8 Å². The lowest BCUT2D eigenvalue weighted by Gasteiger charge is -2.24. The van der Waals surface area contributed by atoms with Crippen molar-refractivity contribution in [3.05, 3.63) is 168 Å². The van der Waals surface area contributed by atoms with Gasteiger partial charge < -0.3 is 22.8 Å². The van der Waals surface area contributed by atoms with Gasteiger partial charge in [-0.3, -0.25) is 0 Å². The van der Waals surface area contributed by atoms with E-state index in [4.69, 9.17) is 22.8 Å². The molecule has 47 heavy (non-hydrogen) atoms. The first-order valence-corrected chi connectivity index (χ1v) is 17.7. The van der Waals surface area contributed by atoms with E-state index in [1.165, 1.54) is 0 Å². The van der Waals surface area contributed by atoms with Gasteiger partial charge in [-0.1, -0.05) is 97.1 Å². The third kappa shape index (κ3) is 7.95. The molecule has 0 radical (unpaired) electrons. The quantitative estimate of drug-likeness (QED) is 0.123. The predicted molar refractivity (Wildman–Crippen MR) is 193 cm³/mol. The van der Waals surface area contributed by atoms with Gasteiger partial charge in [0.05, 0.1) is 10.6 Å². The monoisotopic (exact) mass is 658 g/mol. The molecule has 6 rings (SSSR count). The van der Waals surface area contributed by atoms with Gasteiger partial charge in [0.25, 0.3) is 0 Å². The number of ether oxygens (including phenoxy) is 1. The van der Waals surface area contributed by atoms with E-state index in [-0.39, 0.29) is 0 Å². The molecule has 0 saturated carbocycles. The molecule has 0 aliphatic rings. The predicted octanol–water partition coefficient (Wildman–Crippen LogP) is 10.9. The molecule has 0 N–H and O–H groups in total. The fourth-order valence-electron chi connectivity index (χ4n) is 4.73. The third-order valence-corrected chi connectivity index (χ3v) is 10.4. The number of rotatable bonds is 12. The summed E-state index contributed by atoms with van der Waals surface area (Å²) in [6.07, 6.45) is 0. The molecule has 5 nitrogen and oxygen atoms in total. The van der Waals surface area contributed by atoms with Gasteiger partial charge in [-0.25, -0.2) is 0 Å². The van der Waals surface area contributed by atoms with E-state index >= 15 is 0 Å². The molecule has 0 spiro atoms. The highest BCUT2D eigenvalue weighted by molar-refractivity contribution is 7.57. The summed E-state index contributed by atoms with van der Waals surface area (Å²) in [4.78, 5) is 0. The Morgan fingerprint density at radius 3 is 0.809 bits per heavy atom. The maximum atomic E-state index is 6.79. The largest absolute Gasteiger partial charge is 0.456 e. The normalized spacial score (nSPS) is 10.9. The summed E-state index contributed by atoms with van der Waals surface area (Å²) in [7, 11) is -3.31. The maximum absolute atomic E-state index is 6.79. The summed E-state index contributed by atoms with van der Waals surface area (Å²) in [5.41, 5.74) is 4.07. The molecule has 6 aromatic carbocycles. The zero-order chi connectivity index (χ0) is 32.6. The van der Waals surface area contributed by atoms with Crippen molar-refractivity contribution < 1.29 is 22.8 Å². The molecular weight excluding hydrogens is 622 g/mol. The van der Waals surface area contributed by atoms with Gasteiger partial charge in [0.2, 0.25) is 0 Å². The van der Waals surface area contributed by atoms with Crippen molar-refractivity contribution in [3.63, 3.8) is 0 Å². The van der Waals surface area contributed by atoms with Crippen LogP contribution in [0.2, 0.25) is 0 Å². The van der Waals surface area contributed by atoms with Crippen LogP contribution in [0.15, 0.2) is 146 Å². The summed E-state index contributed by atoms with van der Waals surface area (Å²) in [5.74, 6) is 4.26. The minimum Gasteiger partial charge on any atom is -0.456 e. The lowest BCUT2D eigenvalue weighted by atomic mass is 10.2. The molecular formula is C40H36O5P2. The van der Waals surface area contributed by atoms with E-state index < -0.39 is 16.8 Å². The topological polar surface area (TPSA) is 46.2 Å². The highest BCUT2D eigenvalue weighted by atomic mass is 31.2. The van der Waals surface area contributed by atoms with Crippen molar-refractivity contribution in [3.8, 4) is 34.5 Å². The van der Waals surface area contributed by atoms with Crippen LogP contribution in [0.3, 0.4) is 0 Å². The fourth-order valence-corrected chi connectivity index (χ4v) is 7.75. The first kappa shape index (κ1) is 32.1. The lowest BCUT2D eigenvalue weighted by molar-refractivity contribution is 0.473. The fraction of sp³-hybridized carbons (Fsp3) is 0.100. The number of hydrogen-bond acceptors (Lipinski definition) is 5. The van der Waals surface area contributed by atoms with Crippen molar-refractivity contribution in [1.82, 2.24) is 0 Å². The zero-order valence-corrected chi connectivity index (χ0v) is 28.6. The van der Waals surface area contributed by atoms with E-state index in [2.05, 4.69) is 0 Å². The first-order chi connectivity index (χ1) is 23.0. The SMILES string of the molecule is Cc1ccccc1OP(Oc1ccccc1C)c1ccccc1Oc1ccccc1P(Oc1ccccc1C)Oc1ccccc1C. The zero-order valence-electron chi connectivity index (χ0n) is 26.8. The molecule has 0 heterocycles. The van der Waals surface area contributed by atoms with Crippen molar-refractivity contribution in [2.45, 2.75) is 27.7 Å². The van der Waals surface area contributed by atoms with Crippen molar-refractivity contribution >= 4 is 27.4 Å². The molecule has 236 valence electrons. The highest BCUT2D eigenvalue weighted by Gasteiger charge is 2.28. The smallest absolute Gasteiger partial charge is 0.330 e. The summed E-state index contributed by atoms with van der Waals surface area (Å²) in [5, 5.41) is 1.60. The Kier molecular flexibility index (Phi) is 10.4. The van der Waals surface area contributed by atoms with Crippen LogP contribution in [-0.2, 0) is 0 Å². The molecule has 0 aliphatic heterocycles. The van der Waals surface area contributed by atoms with Crippen LogP contribution in [0.4, 0.5) is 0 Å². The minimum absolute atomic E-state index is 0.620. The van der Waals surface area contributed by atoms with Crippen LogP contribution < -0.4 is 33.4 Å². The van der Waals surface area contributed by atoms with Crippen molar-refractivity contribution in [2.24, 2.45) is 0 Å². The standard InChI is InChI=1S/C40H36O5P2/c1-29-17-5-9-21-33(29)42-46(43-34-22-10-6-18-30(34)2)39-27-15-13-25-37(39)41-38-26-14-16-28-40(38)47(44-35-23-11-7-19-31(35)3)45-36-24-12-8-20-32(36)4/h5-28H,1-4H3. The van der Waals surface area contributed by atoms with E-state index in [9.17, 15) is 0 Å². The molecule has 0 aromatic heterocycles. The van der Waals surface area contributed by atoms with Gasteiger partial charge in [-0.05, 0) is 98.5 Å². The average molecular weight is 659 g/mol. The number of hydrogen-bond donors (Lipinski definition) is 0. The van der Waals surface area contributed by atoms with Crippen LogP contribution in [0.1, 0.15) is 22.3 Å². The molecule has 6 aromatic rings. The number of benzene rings is 6. The second-order valence-corrected chi connectivity index (χ2v) is 13.7. The number of aryl methyl sites for hydroxylation is 4. The van der Waals surface area contributed by atoms with E-state index in [1.54, 1.807) is 0 Å². The van der Waals surface area contributed by atoms with Gasteiger partial charge in [-0.15, -0.1) is 0 Å². The second-order valence-electron chi connectivity index (χ2n) is 11.0. The van der Waals surface area contributed by atoms with Gasteiger partial charge in [0.1, 0.15) is 34.5 Å². The lowest BCUT2D eigenvalue weighted by Crippen LogP contribution is -2.16. The first-order valence-electron chi connectivity index (χ1n) is 15.4. The van der Waals surface area contributed by atoms with Crippen LogP contribution in [0.25, 0.3) is 0 Å². The highest BCUT2D eigenvalue weighted by Crippen LogP contribution is 2.47. The Morgan fingerprint density at radius 2 is 0.532 bits per heavy atom. The second kappa shape index (κ2) is 15.2. The summed E-state index contributed by atoms with van der Waals surface area (Å²) < 4.78 is 33.4. The van der Waals surface area contributed by atoms with E-state index in [0.29, 0.717) is 11.5 Å². The summed E-state index contributed by atoms with van der Waals surface area (Å²) in [6, 6.07) is 47.5. The van der Waals surface area contributed by atoms with E-state index in [1.807, 2.05) is 173 Å². The minimum atomic E-state index is -1.65. The molecule has 0 atom stereocenters. The molecule has 7 heteroatoms. The Hall–Kier alpha value is -4.82. The molecule has 0 saturated heterocycles. The maximum Gasteiger partial charge on any atom is 0.330 e. The van der Waals surface area contributed by atoms with Crippen molar-refractivity contribution in [2.75, 3.05) is 0 Å². The summed E-state index contributed by atoms with van der Waals surface area (Å²) >= 11 is 0. The molecule has 0 aliphatic carbocycles. The Morgan fingerprint density at radius 1 is 0.298 bits per heavy atom. The van der Waals surface area contributed by atoms with Crippen molar-refractivity contribution in [1.29, 1.82) is 0 Å². The molecule has 0 amide bonds. The summed E-state index contributed by atoms with van der Waals surface area (Å²) in [6.45, 7) is 8.11. The van der Waals surface area contributed by atoms with Gasteiger partial charge in [-0.2, -0.15) is 0 Å². The molecule has 0 fully saturated rings. The Balaban J connectivity index is 1.39. The molecule has 0 unspecified atom stereocenters. The van der Waals surface area contributed by atoms with Crippen LogP contribution in [-0.4, -0.2) is 0 Å². The number of para-hydroxylation sites is 6. The van der Waals surface area contributed by atoms with E-state index in [0.717, 1.165) is 55.9 Å². The molecule has 0 bridgehead atoms. The Labute approximate surface area is 279 Å². The van der Waals surface area contributed by atoms with Crippen LogP contribution in [0, 0.1) is 27.7 Å². The van der Waals surface area contributed by atoms with Crippen LogP contribution in [0.5, 0.6) is 34.5 Å². The van der Waals surface area contributed by atoms with Gasteiger partial charge in [0.15, 0.2) is 0 Å². The Bertz CT molecular complexity index is 1720.